The van der Waals surface area contributed by atoms with E-state index in [-0.39, 0.29) is 25.2 Å². The highest BCUT2D eigenvalue weighted by atomic mass is 16.5. The summed E-state index contributed by atoms with van der Waals surface area (Å²) in [6.45, 7) is 5.64. The molecule has 2 aliphatic heterocycles. The number of rotatable bonds is 5. The molecule has 2 fully saturated rings. The average Bonchev–Trinajstić information content (AvgIpc) is 2.96. The Morgan fingerprint density at radius 3 is 2.38 bits per heavy atom. The summed E-state index contributed by atoms with van der Waals surface area (Å²) in [5, 5.41) is 8.58. The second-order valence-corrected chi connectivity index (χ2v) is 5.99. The Bertz CT molecular complexity index is 367. The molecule has 0 aromatic carbocycles. The monoisotopic (exact) mass is 298 g/mol. The predicted octanol–water partition coefficient (Wildman–Crippen LogP) is 1.79. The van der Waals surface area contributed by atoms with Crippen LogP contribution in [0.3, 0.4) is 0 Å². The quantitative estimate of drug-likeness (QED) is 0.840. The first-order chi connectivity index (χ1) is 10.1. The fraction of sp³-hybridized carbons (Fsp3) is 0.867. The van der Waals surface area contributed by atoms with E-state index in [0.29, 0.717) is 19.0 Å². The minimum Gasteiger partial charge on any atom is -0.481 e. The maximum absolute atomic E-state index is 12.4. The summed E-state index contributed by atoms with van der Waals surface area (Å²) in [7, 11) is 0. The number of carbonyl (C=O) groups is 2. The smallest absolute Gasteiger partial charge is 0.320 e. The van der Waals surface area contributed by atoms with Crippen LogP contribution in [0.1, 0.15) is 39.0 Å². The van der Waals surface area contributed by atoms with E-state index in [9.17, 15) is 9.59 Å². The van der Waals surface area contributed by atoms with Gasteiger partial charge < -0.3 is 19.6 Å². The van der Waals surface area contributed by atoms with Gasteiger partial charge in [-0.05, 0) is 25.2 Å². The zero-order valence-electron chi connectivity index (χ0n) is 12.8. The first-order valence-electron chi connectivity index (χ1n) is 7.97. The van der Waals surface area contributed by atoms with Crippen LogP contribution < -0.4 is 0 Å². The van der Waals surface area contributed by atoms with Crippen molar-refractivity contribution in [2.45, 2.75) is 45.1 Å². The zero-order valence-corrected chi connectivity index (χ0v) is 12.8. The number of amides is 2. The van der Waals surface area contributed by atoms with Gasteiger partial charge in [0.05, 0.1) is 19.1 Å². The number of carboxylic acid groups (broad SMARTS) is 1. The lowest BCUT2D eigenvalue weighted by atomic mass is 10.1. The minimum atomic E-state index is -0.831. The largest absolute Gasteiger partial charge is 0.481 e. The van der Waals surface area contributed by atoms with Crippen LogP contribution in [0, 0.1) is 5.92 Å². The van der Waals surface area contributed by atoms with Crippen molar-refractivity contribution in [3.05, 3.63) is 0 Å². The van der Waals surface area contributed by atoms with Crippen LogP contribution in [0.15, 0.2) is 0 Å². The third-order valence-corrected chi connectivity index (χ3v) is 4.52. The molecule has 2 saturated heterocycles. The Morgan fingerprint density at radius 2 is 1.81 bits per heavy atom. The number of urea groups is 1. The maximum Gasteiger partial charge on any atom is 0.320 e. The molecule has 0 aromatic heterocycles. The molecule has 1 atom stereocenters. The lowest BCUT2D eigenvalue weighted by Gasteiger charge is -2.34. The molecule has 0 bridgehead atoms. The highest BCUT2D eigenvalue weighted by Gasteiger charge is 2.30. The molecule has 6 heteroatoms. The van der Waals surface area contributed by atoms with Gasteiger partial charge in [0.25, 0.3) is 0 Å². The van der Waals surface area contributed by atoms with Crippen molar-refractivity contribution in [3.63, 3.8) is 0 Å². The number of hydrogen-bond donors (Lipinski definition) is 1. The summed E-state index contributed by atoms with van der Waals surface area (Å²) in [5.74, 6) is -0.173. The molecule has 2 heterocycles. The fourth-order valence-corrected chi connectivity index (χ4v) is 3.07. The van der Waals surface area contributed by atoms with Crippen LogP contribution >= 0.6 is 0 Å². The third kappa shape index (κ3) is 4.59. The molecular weight excluding hydrogens is 272 g/mol. The van der Waals surface area contributed by atoms with Gasteiger partial charge in [0.2, 0.25) is 0 Å². The number of aliphatic carboxylic acids is 1. The molecule has 0 aromatic rings. The second-order valence-electron chi connectivity index (χ2n) is 5.99. The lowest BCUT2D eigenvalue weighted by molar-refractivity contribution is -0.138. The van der Waals surface area contributed by atoms with Gasteiger partial charge in [-0.25, -0.2) is 4.79 Å². The van der Waals surface area contributed by atoms with E-state index < -0.39 is 5.97 Å². The van der Waals surface area contributed by atoms with E-state index in [1.807, 2.05) is 9.80 Å². The van der Waals surface area contributed by atoms with E-state index in [0.717, 1.165) is 38.8 Å². The van der Waals surface area contributed by atoms with E-state index in [4.69, 9.17) is 9.84 Å². The maximum atomic E-state index is 12.4. The third-order valence-electron chi connectivity index (χ3n) is 4.52. The number of nitrogens with zero attached hydrogens (tertiary/aromatic N) is 2. The molecule has 6 nitrogen and oxygen atoms in total. The van der Waals surface area contributed by atoms with Crippen molar-refractivity contribution in [1.82, 2.24) is 9.80 Å². The highest BCUT2D eigenvalue weighted by molar-refractivity contribution is 5.74. The van der Waals surface area contributed by atoms with Gasteiger partial charge in [0.1, 0.15) is 0 Å². The van der Waals surface area contributed by atoms with Crippen molar-refractivity contribution in [1.29, 1.82) is 0 Å². The molecule has 21 heavy (non-hydrogen) atoms. The first kappa shape index (κ1) is 16.1. The second kappa shape index (κ2) is 7.64. The Balaban J connectivity index is 1.68. The highest BCUT2D eigenvalue weighted by Crippen LogP contribution is 2.22. The summed E-state index contributed by atoms with van der Waals surface area (Å²) in [6, 6.07) is 0.162. The molecule has 0 radical (unpaired) electrons. The number of ether oxygens (including phenoxy) is 1. The van der Waals surface area contributed by atoms with Gasteiger partial charge in [-0.15, -0.1) is 0 Å². The molecular formula is C15H26N2O4. The predicted molar refractivity (Wildman–Crippen MR) is 78.2 cm³/mol. The molecule has 2 aliphatic rings. The zero-order chi connectivity index (χ0) is 15.2. The summed E-state index contributed by atoms with van der Waals surface area (Å²) in [5.41, 5.74) is 0. The summed E-state index contributed by atoms with van der Waals surface area (Å²) in [4.78, 5) is 26.7. The first-order valence-corrected chi connectivity index (χ1v) is 7.97. The normalized spacial score (nSPS) is 23.6. The van der Waals surface area contributed by atoms with Crippen LogP contribution in [-0.4, -0.2) is 65.8 Å². The van der Waals surface area contributed by atoms with E-state index >= 15 is 0 Å². The summed E-state index contributed by atoms with van der Waals surface area (Å²) in [6.07, 6.45) is 4.01. The Hall–Kier alpha value is -1.30. The average molecular weight is 298 g/mol. The molecule has 120 valence electrons. The van der Waals surface area contributed by atoms with Crippen molar-refractivity contribution >= 4 is 12.0 Å². The van der Waals surface area contributed by atoms with Crippen LogP contribution in [0.25, 0.3) is 0 Å². The molecule has 1 unspecified atom stereocenters. The van der Waals surface area contributed by atoms with Crippen LogP contribution in [0.4, 0.5) is 4.79 Å². The van der Waals surface area contributed by atoms with Crippen LogP contribution in [-0.2, 0) is 9.53 Å². The molecule has 2 rings (SSSR count). The van der Waals surface area contributed by atoms with Crippen LogP contribution in [0.5, 0.6) is 0 Å². The number of carboxylic acids is 1. The SMILES string of the molecule is CCC1CCN(C(=O)N2CCC(OCCC(=O)O)CC2)C1. The van der Waals surface area contributed by atoms with Crippen molar-refractivity contribution in [2.75, 3.05) is 32.8 Å². The molecule has 1 N–H and O–H groups in total. The van der Waals surface area contributed by atoms with E-state index in [2.05, 4.69) is 6.92 Å². The Morgan fingerprint density at radius 1 is 1.14 bits per heavy atom. The fourth-order valence-electron chi connectivity index (χ4n) is 3.07. The topological polar surface area (TPSA) is 70.1 Å². The number of likely N-dealkylation sites (tertiary alicyclic amines) is 2. The van der Waals surface area contributed by atoms with Gasteiger partial charge in [-0.1, -0.05) is 13.3 Å². The Labute approximate surface area is 126 Å². The minimum absolute atomic E-state index is 0.0470. The number of piperidine rings is 1. The van der Waals surface area contributed by atoms with Crippen molar-refractivity contribution < 1.29 is 19.4 Å². The summed E-state index contributed by atoms with van der Waals surface area (Å²) >= 11 is 0. The number of carbonyl (C=O) groups excluding carboxylic acids is 1. The van der Waals surface area contributed by atoms with E-state index in [1.54, 1.807) is 0 Å². The number of hydrogen-bond acceptors (Lipinski definition) is 3. The van der Waals surface area contributed by atoms with Gasteiger partial charge in [-0.3, -0.25) is 4.79 Å². The molecule has 2 amide bonds. The van der Waals surface area contributed by atoms with Crippen molar-refractivity contribution in [2.24, 2.45) is 5.92 Å². The molecule has 0 aliphatic carbocycles. The standard InChI is InChI=1S/C15H26N2O4/c1-2-12-3-7-17(11-12)15(20)16-8-4-13(5-9-16)21-10-6-14(18)19/h12-13H,2-11H2,1H3,(H,18,19). The van der Waals surface area contributed by atoms with Crippen molar-refractivity contribution in [3.8, 4) is 0 Å². The van der Waals surface area contributed by atoms with Gasteiger partial charge >= 0.3 is 12.0 Å². The molecule has 0 saturated carbocycles. The van der Waals surface area contributed by atoms with Gasteiger partial charge in [0.15, 0.2) is 0 Å². The Kier molecular flexibility index (Phi) is 5.85. The summed E-state index contributed by atoms with van der Waals surface area (Å²) < 4.78 is 5.55. The van der Waals surface area contributed by atoms with Crippen LogP contribution in [0.2, 0.25) is 0 Å². The van der Waals surface area contributed by atoms with E-state index in [1.165, 1.54) is 0 Å². The molecule has 0 spiro atoms. The lowest BCUT2D eigenvalue weighted by Crippen LogP contribution is -2.47. The van der Waals surface area contributed by atoms with Gasteiger partial charge in [0, 0.05) is 26.2 Å². The van der Waals surface area contributed by atoms with Gasteiger partial charge in [-0.2, -0.15) is 0 Å².